The van der Waals surface area contributed by atoms with E-state index in [2.05, 4.69) is 4.99 Å². The number of aliphatic imine (C=N–C) groups is 1. The molecular formula is C30H30N2O10S. The van der Waals surface area contributed by atoms with Gasteiger partial charge < -0.3 is 23.7 Å². The van der Waals surface area contributed by atoms with Crippen LogP contribution in [0.25, 0.3) is 6.08 Å². The third kappa shape index (κ3) is 8.08. The van der Waals surface area contributed by atoms with E-state index in [1.807, 2.05) is 30.3 Å². The fourth-order valence-electron chi connectivity index (χ4n) is 4.47. The van der Waals surface area contributed by atoms with Gasteiger partial charge in [-0.05, 0) is 23.8 Å². The van der Waals surface area contributed by atoms with Crippen molar-refractivity contribution in [1.29, 1.82) is 0 Å². The van der Waals surface area contributed by atoms with Gasteiger partial charge in [-0.2, -0.15) is 0 Å². The lowest BCUT2D eigenvalue weighted by Gasteiger charge is -2.44. The van der Waals surface area contributed by atoms with E-state index in [4.69, 9.17) is 23.7 Å². The number of esters is 4. The summed E-state index contributed by atoms with van der Waals surface area (Å²) in [6, 6.07) is 17.9. The fourth-order valence-corrected chi connectivity index (χ4v) is 5.67. The number of nitrogens with zero attached hydrogens (tertiary/aromatic N) is 2. The zero-order valence-corrected chi connectivity index (χ0v) is 24.6. The molecule has 0 spiro atoms. The van der Waals surface area contributed by atoms with Crippen LogP contribution in [-0.2, 0) is 47.7 Å². The number of carbonyl (C=O) groups excluding carboxylic acids is 5. The summed E-state index contributed by atoms with van der Waals surface area (Å²) in [7, 11) is 0. The van der Waals surface area contributed by atoms with E-state index in [1.165, 1.54) is 11.8 Å². The Balaban J connectivity index is 1.78. The summed E-state index contributed by atoms with van der Waals surface area (Å²) in [5, 5.41) is 0.180. The minimum atomic E-state index is -1.35. The average Bonchev–Trinajstić information content (AvgIpc) is 3.25. The predicted molar refractivity (Wildman–Crippen MR) is 155 cm³/mol. The SMILES string of the molecule is CC(=O)OC[C@@H]1O[C@@H](SC2=N/C(=C\c3ccccc3)C(=O)N2c2ccccc2)[C@@H](OC(C)=O)[C@@H](OC(C)=O)[C@H]1OC(C)=O. The van der Waals surface area contributed by atoms with Crippen LogP contribution in [0.3, 0.4) is 0 Å². The summed E-state index contributed by atoms with van der Waals surface area (Å²) < 4.78 is 27.9. The van der Waals surface area contributed by atoms with Gasteiger partial charge in [-0.25, -0.2) is 4.99 Å². The second kappa shape index (κ2) is 14.1. The Bertz CT molecular complexity index is 1430. The number of anilines is 1. The van der Waals surface area contributed by atoms with Gasteiger partial charge in [0.1, 0.15) is 18.4 Å². The van der Waals surface area contributed by atoms with Crippen molar-refractivity contribution in [2.75, 3.05) is 11.5 Å². The van der Waals surface area contributed by atoms with E-state index >= 15 is 0 Å². The molecule has 2 aliphatic rings. The molecule has 0 radical (unpaired) electrons. The molecular weight excluding hydrogens is 580 g/mol. The molecule has 2 aromatic rings. The van der Waals surface area contributed by atoms with Crippen LogP contribution in [0.2, 0.25) is 0 Å². The van der Waals surface area contributed by atoms with Gasteiger partial charge in [-0.1, -0.05) is 60.3 Å². The first-order valence-electron chi connectivity index (χ1n) is 13.3. The molecule has 0 aliphatic carbocycles. The van der Waals surface area contributed by atoms with Crippen LogP contribution in [0.15, 0.2) is 71.4 Å². The van der Waals surface area contributed by atoms with Crippen LogP contribution in [0, 0.1) is 0 Å². The molecule has 12 nitrogen and oxygen atoms in total. The highest BCUT2D eigenvalue weighted by Gasteiger charge is 2.53. The van der Waals surface area contributed by atoms with E-state index in [0.29, 0.717) is 5.69 Å². The average molecular weight is 611 g/mol. The van der Waals surface area contributed by atoms with Crippen LogP contribution >= 0.6 is 11.8 Å². The number of ether oxygens (including phenoxy) is 5. The smallest absolute Gasteiger partial charge is 0.303 e. The van der Waals surface area contributed by atoms with Crippen molar-refractivity contribution in [1.82, 2.24) is 0 Å². The Kier molecular flexibility index (Phi) is 10.3. The van der Waals surface area contributed by atoms with E-state index in [1.54, 1.807) is 36.4 Å². The number of hydrogen-bond acceptors (Lipinski definition) is 12. The second-order valence-corrected chi connectivity index (χ2v) is 10.6. The number of thioether (sulfide) groups is 1. The van der Waals surface area contributed by atoms with Gasteiger partial charge in [0.2, 0.25) is 0 Å². The topological polar surface area (TPSA) is 147 Å². The Morgan fingerprint density at radius 3 is 1.95 bits per heavy atom. The lowest BCUT2D eigenvalue weighted by atomic mass is 9.99. The van der Waals surface area contributed by atoms with Crippen LogP contribution in [0.4, 0.5) is 5.69 Å². The van der Waals surface area contributed by atoms with Gasteiger partial charge in [0.25, 0.3) is 5.91 Å². The molecule has 5 atom stereocenters. The first-order valence-corrected chi connectivity index (χ1v) is 14.1. The number of amidine groups is 1. The van der Waals surface area contributed by atoms with Gasteiger partial charge in [0.15, 0.2) is 28.9 Å². The molecule has 1 saturated heterocycles. The van der Waals surface area contributed by atoms with Gasteiger partial charge in [-0.3, -0.25) is 28.9 Å². The summed E-state index contributed by atoms with van der Waals surface area (Å²) in [6.45, 7) is 4.27. The quantitative estimate of drug-likeness (QED) is 0.246. The number of benzene rings is 2. The second-order valence-electron chi connectivity index (χ2n) is 9.50. The lowest BCUT2D eigenvalue weighted by Crippen LogP contribution is -2.61. The van der Waals surface area contributed by atoms with Crippen LogP contribution in [0.5, 0.6) is 0 Å². The van der Waals surface area contributed by atoms with Crippen LogP contribution in [0.1, 0.15) is 33.3 Å². The van der Waals surface area contributed by atoms with Crippen molar-refractivity contribution in [3.8, 4) is 0 Å². The molecule has 13 heteroatoms. The zero-order chi connectivity index (χ0) is 31.1. The Hall–Kier alpha value is -4.49. The molecule has 43 heavy (non-hydrogen) atoms. The van der Waals surface area contributed by atoms with Crippen LogP contribution in [-0.4, -0.2) is 71.4 Å². The summed E-state index contributed by atoms with van der Waals surface area (Å²) in [4.78, 5) is 67.7. The lowest BCUT2D eigenvalue weighted by molar-refractivity contribution is -0.237. The Labute approximate surface area is 252 Å². The molecule has 0 unspecified atom stereocenters. The normalized spacial score (nSPS) is 24.2. The molecule has 0 aromatic heterocycles. The highest BCUT2D eigenvalue weighted by atomic mass is 32.2. The minimum Gasteiger partial charge on any atom is -0.463 e. The number of para-hydroxylation sites is 1. The molecule has 0 N–H and O–H groups in total. The summed E-state index contributed by atoms with van der Waals surface area (Å²) in [5.41, 5.74) is 0.250. The van der Waals surface area contributed by atoms with E-state index in [-0.39, 0.29) is 17.5 Å². The Morgan fingerprint density at radius 1 is 0.814 bits per heavy atom. The standard InChI is InChI=1S/C30H30N2O10S/c1-17(33)38-16-24-25(39-18(2)34)26(40-19(3)35)27(41-20(4)36)29(42-24)43-30-31-23(15-21-11-7-5-8-12-21)28(37)32(30)22-13-9-6-10-14-22/h5-15,24-27,29H,16H2,1-4H3/b23-15-/t24-,25-,26-,27-,29-/m0/s1. The predicted octanol–water partition coefficient (Wildman–Crippen LogP) is 3.25. The molecule has 1 fully saturated rings. The maximum Gasteiger partial charge on any atom is 0.303 e. The van der Waals surface area contributed by atoms with Crippen molar-refractivity contribution in [2.45, 2.75) is 57.5 Å². The summed E-state index contributed by atoms with van der Waals surface area (Å²) in [6.07, 6.45) is -3.46. The number of rotatable bonds is 8. The first kappa shape index (κ1) is 31.4. The van der Waals surface area contributed by atoms with Crippen molar-refractivity contribution < 1.29 is 47.7 Å². The molecule has 0 bridgehead atoms. The van der Waals surface area contributed by atoms with E-state index < -0.39 is 59.6 Å². The molecule has 0 saturated carbocycles. The zero-order valence-electron chi connectivity index (χ0n) is 23.8. The fraction of sp³-hybridized carbons (Fsp3) is 0.333. The molecule has 2 aromatic carbocycles. The number of amides is 1. The highest BCUT2D eigenvalue weighted by molar-refractivity contribution is 8.14. The summed E-state index contributed by atoms with van der Waals surface area (Å²) in [5.74, 6) is -3.25. The molecule has 2 aliphatic heterocycles. The van der Waals surface area contributed by atoms with Crippen LogP contribution < -0.4 is 4.90 Å². The minimum absolute atomic E-state index is 0.142. The number of hydrogen-bond donors (Lipinski definition) is 0. The van der Waals surface area contributed by atoms with E-state index in [9.17, 15) is 24.0 Å². The molecule has 4 rings (SSSR count). The highest BCUT2D eigenvalue weighted by Crippen LogP contribution is 2.38. The van der Waals surface area contributed by atoms with Gasteiger partial charge in [0.05, 0.1) is 5.69 Å². The Morgan fingerprint density at radius 2 is 1.37 bits per heavy atom. The molecule has 1 amide bonds. The van der Waals surface area contributed by atoms with Crippen molar-refractivity contribution in [3.05, 3.63) is 71.9 Å². The monoisotopic (exact) mass is 610 g/mol. The first-order chi connectivity index (χ1) is 20.5. The third-order valence-corrected chi connectivity index (χ3v) is 7.21. The maximum absolute atomic E-state index is 13.7. The van der Waals surface area contributed by atoms with Gasteiger partial charge >= 0.3 is 23.9 Å². The van der Waals surface area contributed by atoms with Crippen molar-refractivity contribution in [2.24, 2.45) is 4.99 Å². The van der Waals surface area contributed by atoms with Gasteiger partial charge in [0, 0.05) is 27.7 Å². The largest absolute Gasteiger partial charge is 0.463 e. The summed E-state index contributed by atoms with van der Waals surface area (Å²) >= 11 is 0.932. The third-order valence-electron chi connectivity index (χ3n) is 6.12. The maximum atomic E-state index is 13.7. The molecule has 2 heterocycles. The van der Waals surface area contributed by atoms with E-state index in [0.717, 1.165) is 38.1 Å². The van der Waals surface area contributed by atoms with Crippen molar-refractivity contribution >= 4 is 58.5 Å². The molecule has 226 valence electrons. The number of carbonyl (C=O) groups is 5. The van der Waals surface area contributed by atoms with Gasteiger partial charge in [-0.15, -0.1) is 0 Å². The van der Waals surface area contributed by atoms with Crippen molar-refractivity contribution in [3.63, 3.8) is 0 Å².